The van der Waals surface area contributed by atoms with Gasteiger partial charge in [-0.3, -0.25) is 4.79 Å². The van der Waals surface area contributed by atoms with Gasteiger partial charge in [-0.2, -0.15) is 13.2 Å². The molecule has 1 nitrogen and oxygen atoms in total. The molecule has 0 spiro atoms. The Labute approximate surface area is 119 Å². The Morgan fingerprint density at radius 2 is 1.65 bits per heavy atom. The quantitative estimate of drug-likeness (QED) is 0.703. The monoisotopic (exact) mass is 290 g/mol. The van der Waals surface area contributed by atoms with Crippen molar-refractivity contribution in [3.05, 3.63) is 0 Å². The van der Waals surface area contributed by atoms with E-state index in [1.807, 2.05) is 0 Å². The van der Waals surface area contributed by atoms with Crippen LogP contribution in [0.1, 0.15) is 64.7 Å². The highest BCUT2D eigenvalue weighted by atomic mass is 19.4. The Morgan fingerprint density at radius 1 is 1.00 bits per heavy atom. The minimum Gasteiger partial charge on any atom is -0.299 e. The Morgan fingerprint density at radius 3 is 2.20 bits per heavy atom. The van der Waals surface area contributed by atoms with E-state index in [1.165, 1.54) is 6.42 Å². The third-order valence-electron chi connectivity index (χ3n) is 5.35. The average molecular weight is 290 g/mol. The molecule has 2 atom stereocenters. The fourth-order valence-electron chi connectivity index (χ4n) is 3.96. The van der Waals surface area contributed by atoms with E-state index in [0.29, 0.717) is 18.8 Å². The van der Waals surface area contributed by atoms with Crippen molar-refractivity contribution >= 4 is 5.78 Å². The van der Waals surface area contributed by atoms with Gasteiger partial charge in [0, 0.05) is 11.8 Å². The van der Waals surface area contributed by atoms with Crippen LogP contribution in [0.25, 0.3) is 0 Å². The minimum atomic E-state index is -4.08. The Balaban J connectivity index is 1.85. The Bertz CT molecular complexity index is 329. The van der Waals surface area contributed by atoms with Gasteiger partial charge in [0.05, 0.1) is 5.92 Å². The molecule has 2 fully saturated rings. The van der Waals surface area contributed by atoms with Crippen molar-refractivity contribution in [1.29, 1.82) is 0 Å². The topological polar surface area (TPSA) is 17.1 Å². The molecule has 0 aliphatic heterocycles. The van der Waals surface area contributed by atoms with Crippen LogP contribution >= 0.6 is 0 Å². The third kappa shape index (κ3) is 3.76. The highest BCUT2D eigenvalue weighted by Crippen LogP contribution is 2.42. The maximum atomic E-state index is 12.6. The summed E-state index contributed by atoms with van der Waals surface area (Å²) < 4.78 is 37.9. The van der Waals surface area contributed by atoms with Crippen LogP contribution in [0.15, 0.2) is 0 Å². The van der Waals surface area contributed by atoms with Gasteiger partial charge in [0.1, 0.15) is 5.78 Å². The zero-order chi connectivity index (χ0) is 14.8. The molecule has 0 aromatic rings. The molecule has 20 heavy (non-hydrogen) atoms. The molecule has 0 bridgehead atoms. The summed E-state index contributed by atoms with van der Waals surface area (Å²) in [5.41, 5.74) is 0. The van der Waals surface area contributed by atoms with Crippen molar-refractivity contribution in [2.24, 2.45) is 23.7 Å². The van der Waals surface area contributed by atoms with Crippen molar-refractivity contribution in [3.8, 4) is 0 Å². The molecule has 0 aromatic heterocycles. The van der Waals surface area contributed by atoms with Crippen molar-refractivity contribution in [2.75, 3.05) is 0 Å². The lowest BCUT2D eigenvalue weighted by molar-refractivity contribution is -0.184. The van der Waals surface area contributed by atoms with Gasteiger partial charge in [0.2, 0.25) is 0 Å². The molecule has 2 rings (SSSR count). The summed E-state index contributed by atoms with van der Waals surface area (Å²) in [6, 6.07) is 0. The van der Waals surface area contributed by atoms with E-state index in [0.717, 1.165) is 25.7 Å². The number of hydrogen-bond acceptors (Lipinski definition) is 1. The maximum absolute atomic E-state index is 12.6. The first-order chi connectivity index (χ1) is 9.41. The van der Waals surface area contributed by atoms with E-state index in [9.17, 15) is 18.0 Å². The molecule has 0 amide bonds. The second-order valence-corrected chi connectivity index (χ2v) is 6.63. The molecule has 0 aromatic carbocycles. The van der Waals surface area contributed by atoms with E-state index in [2.05, 4.69) is 6.92 Å². The van der Waals surface area contributed by atoms with Gasteiger partial charge < -0.3 is 0 Å². The first-order valence-electron chi connectivity index (χ1n) is 8.02. The summed E-state index contributed by atoms with van der Waals surface area (Å²) in [6.07, 6.45) is 2.44. The van der Waals surface area contributed by atoms with Crippen molar-refractivity contribution in [2.45, 2.75) is 70.9 Å². The summed E-state index contributed by atoms with van der Waals surface area (Å²) in [7, 11) is 0. The number of hydrogen-bond donors (Lipinski definition) is 0. The second-order valence-electron chi connectivity index (χ2n) is 6.63. The number of rotatable bonds is 3. The average Bonchev–Trinajstić information content (AvgIpc) is 2.46. The first kappa shape index (κ1) is 15.8. The van der Waals surface area contributed by atoms with E-state index in [-0.39, 0.29) is 30.5 Å². The number of alkyl halides is 3. The van der Waals surface area contributed by atoms with Gasteiger partial charge in [-0.05, 0) is 44.4 Å². The van der Waals surface area contributed by atoms with Crippen LogP contribution in [0.4, 0.5) is 13.2 Å². The van der Waals surface area contributed by atoms with Crippen LogP contribution in [0.5, 0.6) is 0 Å². The van der Waals surface area contributed by atoms with Crippen LogP contribution in [0, 0.1) is 23.7 Å². The van der Waals surface area contributed by atoms with Crippen LogP contribution in [0.3, 0.4) is 0 Å². The van der Waals surface area contributed by atoms with Gasteiger partial charge >= 0.3 is 6.18 Å². The smallest absolute Gasteiger partial charge is 0.299 e. The number of Topliss-reactive ketones (excluding diaryl/α,β-unsaturated/α-hetero) is 1. The fraction of sp³-hybridized carbons (Fsp3) is 0.938. The molecular formula is C16H25F3O. The van der Waals surface area contributed by atoms with Crippen molar-refractivity contribution in [3.63, 3.8) is 0 Å². The van der Waals surface area contributed by atoms with Crippen LogP contribution in [-0.4, -0.2) is 12.0 Å². The van der Waals surface area contributed by atoms with Crippen LogP contribution in [0.2, 0.25) is 0 Å². The Hall–Kier alpha value is -0.540. The third-order valence-corrected chi connectivity index (χ3v) is 5.35. The molecule has 2 aliphatic carbocycles. The number of halogens is 3. The second kappa shape index (κ2) is 6.48. The van der Waals surface area contributed by atoms with Crippen LogP contribution < -0.4 is 0 Å². The Kier molecular flexibility index (Phi) is 5.14. The zero-order valence-corrected chi connectivity index (χ0v) is 12.2. The van der Waals surface area contributed by atoms with E-state index in [1.54, 1.807) is 0 Å². The molecular weight excluding hydrogens is 265 g/mol. The lowest BCUT2D eigenvalue weighted by Crippen LogP contribution is -2.34. The normalized spacial score (nSPS) is 35.8. The highest BCUT2D eigenvalue weighted by molar-refractivity contribution is 5.83. The summed E-state index contributed by atoms with van der Waals surface area (Å²) in [4.78, 5) is 12.5. The zero-order valence-electron chi connectivity index (χ0n) is 12.2. The molecule has 2 aliphatic rings. The summed E-state index contributed by atoms with van der Waals surface area (Å²) >= 11 is 0. The SMILES string of the molecule is CCC1CCCC(C(=O)C2CCC(C(F)(F)F)CC2)C1. The summed E-state index contributed by atoms with van der Waals surface area (Å²) in [5.74, 6) is -0.246. The van der Waals surface area contributed by atoms with Gasteiger partial charge in [0.15, 0.2) is 0 Å². The van der Waals surface area contributed by atoms with Gasteiger partial charge in [0.25, 0.3) is 0 Å². The minimum absolute atomic E-state index is 0.103. The maximum Gasteiger partial charge on any atom is 0.391 e. The largest absolute Gasteiger partial charge is 0.391 e. The molecule has 0 radical (unpaired) electrons. The summed E-state index contributed by atoms with van der Waals surface area (Å²) in [6.45, 7) is 2.16. The fourth-order valence-corrected chi connectivity index (χ4v) is 3.96. The first-order valence-corrected chi connectivity index (χ1v) is 8.02. The molecule has 116 valence electrons. The van der Waals surface area contributed by atoms with Crippen molar-refractivity contribution in [1.82, 2.24) is 0 Å². The number of ketones is 1. The lowest BCUT2D eigenvalue weighted by atomic mass is 9.71. The molecule has 4 heteroatoms. The highest BCUT2D eigenvalue weighted by Gasteiger charge is 2.43. The standard InChI is InChI=1S/C16H25F3O/c1-2-11-4-3-5-13(10-11)15(20)12-6-8-14(9-7-12)16(17,18)19/h11-14H,2-10H2,1H3. The number of carbonyl (C=O) groups is 1. The van der Waals surface area contributed by atoms with Crippen LogP contribution in [-0.2, 0) is 4.79 Å². The van der Waals surface area contributed by atoms with Gasteiger partial charge in [-0.25, -0.2) is 0 Å². The number of carbonyl (C=O) groups excluding carboxylic acids is 1. The van der Waals surface area contributed by atoms with E-state index >= 15 is 0 Å². The predicted octanol–water partition coefficient (Wildman–Crippen LogP) is 5.14. The van der Waals surface area contributed by atoms with E-state index in [4.69, 9.17) is 0 Å². The van der Waals surface area contributed by atoms with E-state index < -0.39 is 12.1 Å². The molecule has 2 saturated carbocycles. The van der Waals surface area contributed by atoms with Crippen molar-refractivity contribution < 1.29 is 18.0 Å². The van der Waals surface area contributed by atoms with Gasteiger partial charge in [-0.15, -0.1) is 0 Å². The lowest BCUT2D eigenvalue weighted by Gasteiger charge is -2.33. The van der Waals surface area contributed by atoms with Gasteiger partial charge in [-0.1, -0.05) is 26.2 Å². The molecule has 2 unspecified atom stereocenters. The molecule has 0 N–H and O–H groups in total. The molecule has 0 heterocycles. The molecule has 0 saturated heterocycles. The predicted molar refractivity (Wildman–Crippen MR) is 72.2 cm³/mol. The summed E-state index contributed by atoms with van der Waals surface area (Å²) in [5, 5.41) is 0.